The van der Waals surface area contributed by atoms with Gasteiger partial charge in [-0.25, -0.2) is 0 Å². The average molecular weight is 231 g/mol. The average Bonchev–Trinajstić information content (AvgIpc) is 2.62. The molecule has 1 aromatic rings. The highest BCUT2D eigenvalue weighted by molar-refractivity contribution is 5.50. The normalized spacial score (nSPS) is 24.4. The number of hydrogen-bond donors (Lipinski definition) is 2. The quantitative estimate of drug-likeness (QED) is 0.781. The van der Waals surface area contributed by atoms with Gasteiger partial charge in [-0.3, -0.25) is 0 Å². The van der Waals surface area contributed by atoms with Crippen molar-refractivity contribution in [2.45, 2.75) is 45.2 Å². The van der Waals surface area contributed by atoms with Gasteiger partial charge in [0.2, 0.25) is 0 Å². The first-order valence-electron chi connectivity index (χ1n) is 6.25. The predicted octanol–water partition coefficient (Wildman–Crippen LogP) is 3.41. The monoisotopic (exact) mass is 231 g/mol. The van der Waals surface area contributed by atoms with E-state index >= 15 is 0 Å². The molecule has 0 spiro atoms. The molecule has 2 nitrogen and oxygen atoms in total. The molecule has 0 bridgehead atoms. The van der Waals surface area contributed by atoms with Crippen LogP contribution >= 0.6 is 0 Å². The van der Waals surface area contributed by atoms with Crippen molar-refractivity contribution >= 4 is 0 Å². The Morgan fingerprint density at radius 2 is 2.18 bits per heavy atom. The molecule has 1 aliphatic rings. The second-order valence-electron chi connectivity index (χ2n) is 5.11. The van der Waals surface area contributed by atoms with Gasteiger partial charge in [0, 0.05) is 17.6 Å². The predicted molar refractivity (Wildman–Crippen MR) is 71.4 cm³/mol. The lowest BCUT2D eigenvalue weighted by atomic mass is 9.97. The maximum absolute atomic E-state index is 10.1. The Morgan fingerprint density at radius 1 is 1.47 bits per heavy atom. The van der Waals surface area contributed by atoms with Gasteiger partial charge in [0.1, 0.15) is 5.75 Å². The summed E-state index contributed by atoms with van der Waals surface area (Å²) < 4.78 is 0. The third-order valence-corrected chi connectivity index (χ3v) is 3.73. The summed E-state index contributed by atoms with van der Waals surface area (Å²) in [7, 11) is 0. The Hall–Kier alpha value is -1.28. The van der Waals surface area contributed by atoms with Gasteiger partial charge in [-0.05, 0) is 43.4 Å². The van der Waals surface area contributed by atoms with Crippen LogP contribution < -0.4 is 5.32 Å². The number of nitrogens with one attached hydrogen (secondary N) is 1. The summed E-state index contributed by atoms with van der Waals surface area (Å²) >= 11 is 0. The fourth-order valence-corrected chi connectivity index (χ4v) is 2.88. The van der Waals surface area contributed by atoms with E-state index < -0.39 is 0 Å². The summed E-state index contributed by atoms with van der Waals surface area (Å²) in [6.45, 7) is 10.2. The number of rotatable bonds is 3. The number of phenols is 1. The highest BCUT2D eigenvalue weighted by Crippen LogP contribution is 2.45. The van der Waals surface area contributed by atoms with Gasteiger partial charge in [0.05, 0.1) is 0 Å². The van der Waals surface area contributed by atoms with Crippen LogP contribution in [0.25, 0.3) is 0 Å². The molecule has 2 rings (SSSR count). The maximum Gasteiger partial charge on any atom is 0.120 e. The lowest BCUT2D eigenvalue weighted by Crippen LogP contribution is -2.27. The van der Waals surface area contributed by atoms with E-state index in [0.717, 1.165) is 12.0 Å². The summed E-state index contributed by atoms with van der Waals surface area (Å²) in [4.78, 5) is 0. The number of hydrogen-bond acceptors (Lipinski definition) is 2. The molecule has 1 aliphatic carbocycles. The Balaban J connectivity index is 2.39. The first-order chi connectivity index (χ1) is 8.04. The zero-order valence-corrected chi connectivity index (χ0v) is 10.8. The molecule has 3 unspecified atom stereocenters. The fourth-order valence-electron chi connectivity index (χ4n) is 2.88. The molecule has 0 aromatic heterocycles. The molecule has 92 valence electrons. The van der Waals surface area contributed by atoms with Gasteiger partial charge in [0.15, 0.2) is 0 Å². The van der Waals surface area contributed by atoms with E-state index in [1.54, 1.807) is 6.07 Å². The topological polar surface area (TPSA) is 32.3 Å². The van der Waals surface area contributed by atoms with Crippen molar-refractivity contribution in [2.24, 2.45) is 0 Å². The van der Waals surface area contributed by atoms with E-state index in [-0.39, 0.29) is 12.1 Å². The second kappa shape index (κ2) is 4.53. The minimum Gasteiger partial charge on any atom is -0.508 e. The van der Waals surface area contributed by atoms with Crippen molar-refractivity contribution < 1.29 is 5.11 Å². The van der Waals surface area contributed by atoms with E-state index in [1.807, 2.05) is 12.1 Å². The summed E-state index contributed by atoms with van der Waals surface area (Å²) in [5.74, 6) is 0.926. The Morgan fingerprint density at radius 3 is 2.82 bits per heavy atom. The molecule has 0 saturated heterocycles. The lowest BCUT2D eigenvalue weighted by molar-refractivity contribution is 0.437. The SMILES string of the molecule is C=CC(C)NC1CC(C)c2c(C)ccc(O)c21. The van der Waals surface area contributed by atoms with Crippen LogP contribution in [-0.2, 0) is 0 Å². The number of benzene rings is 1. The van der Waals surface area contributed by atoms with Gasteiger partial charge >= 0.3 is 0 Å². The van der Waals surface area contributed by atoms with Crippen LogP contribution in [0.2, 0.25) is 0 Å². The van der Waals surface area contributed by atoms with E-state index in [4.69, 9.17) is 0 Å². The highest BCUT2D eigenvalue weighted by Gasteiger charge is 2.32. The molecule has 0 saturated carbocycles. The molecule has 0 radical (unpaired) electrons. The molecule has 0 fully saturated rings. The molecule has 17 heavy (non-hydrogen) atoms. The zero-order valence-electron chi connectivity index (χ0n) is 10.8. The van der Waals surface area contributed by atoms with Crippen LogP contribution in [0.3, 0.4) is 0 Å². The molecular weight excluding hydrogens is 210 g/mol. The fraction of sp³-hybridized carbons (Fsp3) is 0.467. The van der Waals surface area contributed by atoms with Gasteiger partial charge in [-0.2, -0.15) is 0 Å². The zero-order chi connectivity index (χ0) is 12.6. The van der Waals surface area contributed by atoms with Crippen LogP contribution in [-0.4, -0.2) is 11.1 Å². The van der Waals surface area contributed by atoms with E-state index in [9.17, 15) is 5.11 Å². The summed E-state index contributed by atoms with van der Waals surface area (Å²) in [6, 6.07) is 4.31. The first kappa shape index (κ1) is 12.2. The number of aromatic hydroxyl groups is 1. The van der Waals surface area contributed by atoms with E-state index in [0.29, 0.717) is 11.7 Å². The standard InChI is InChI=1S/C15H21NO/c1-5-11(4)16-12-8-10(3)14-9(2)6-7-13(17)15(12)14/h5-7,10-12,16-17H,1,8H2,2-4H3. The van der Waals surface area contributed by atoms with Crippen molar-refractivity contribution in [2.75, 3.05) is 0 Å². The summed E-state index contributed by atoms with van der Waals surface area (Å²) in [5, 5.41) is 13.6. The number of fused-ring (bicyclic) bond motifs is 1. The summed E-state index contributed by atoms with van der Waals surface area (Å²) in [5.41, 5.74) is 3.69. The van der Waals surface area contributed by atoms with Crippen LogP contribution in [0, 0.1) is 6.92 Å². The lowest BCUT2D eigenvalue weighted by Gasteiger charge is -2.18. The van der Waals surface area contributed by atoms with Crippen molar-refractivity contribution in [3.05, 3.63) is 41.5 Å². The first-order valence-corrected chi connectivity index (χ1v) is 6.25. The van der Waals surface area contributed by atoms with Crippen LogP contribution in [0.15, 0.2) is 24.8 Å². The van der Waals surface area contributed by atoms with Gasteiger partial charge in [-0.15, -0.1) is 6.58 Å². The number of aryl methyl sites for hydroxylation is 1. The molecule has 2 heteroatoms. The van der Waals surface area contributed by atoms with Crippen LogP contribution in [0.1, 0.15) is 48.9 Å². The summed E-state index contributed by atoms with van der Waals surface area (Å²) in [6.07, 6.45) is 2.95. The Labute approximate surface area is 103 Å². The van der Waals surface area contributed by atoms with Crippen molar-refractivity contribution in [3.8, 4) is 5.75 Å². The van der Waals surface area contributed by atoms with Gasteiger partial charge in [0.25, 0.3) is 0 Å². The van der Waals surface area contributed by atoms with E-state index in [1.165, 1.54) is 11.1 Å². The second-order valence-corrected chi connectivity index (χ2v) is 5.11. The van der Waals surface area contributed by atoms with Gasteiger partial charge in [-0.1, -0.05) is 19.1 Å². The molecule has 0 aliphatic heterocycles. The molecule has 2 N–H and O–H groups in total. The molecule has 1 aromatic carbocycles. The van der Waals surface area contributed by atoms with Crippen molar-refractivity contribution in [1.29, 1.82) is 0 Å². The van der Waals surface area contributed by atoms with Gasteiger partial charge < -0.3 is 10.4 Å². The minimum absolute atomic E-state index is 0.243. The number of phenolic OH excluding ortho intramolecular Hbond substituents is 1. The van der Waals surface area contributed by atoms with Crippen molar-refractivity contribution in [3.63, 3.8) is 0 Å². The Kier molecular flexibility index (Phi) is 3.25. The molecular formula is C15H21NO. The van der Waals surface area contributed by atoms with E-state index in [2.05, 4.69) is 32.7 Å². The van der Waals surface area contributed by atoms with Crippen LogP contribution in [0.5, 0.6) is 5.75 Å². The van der Waals surface area contributed by atoms with Crippen molar-refractivity contribution in [1.82, 2.24) is 5.32 Å². The highest BCUT2D eigenvalue weighted by atomic mass is 16.3. The third kappa shape index (κ3) is 2.09. The minimum atomic E-state index is 0.243. The molecule has 3 atom stereocenters. The molecule has 0 heterocycles. The van der Waals surface area contributed by atoms with Crippen LogP contribution in [0.4, 0.5) is 0 Å². The third-order valence-electron chi connectivity index (χ3n) is 3.73. The Bertz CT molecular complexity index is 439. The smallest absolute Gasteiger partial charge is 0.120 e. The molecule has 0 amide bonds. The largest absolute Gasteiger partial charge is 0.508 e. The maximum atomic E-state index is 10.1.